The van der Waals surface area contributed by atoms with E-state index in [9.17, 15) is 4.79 Å². The van der Waals surface area contributed by atoms with Crippen LogP contribution in [-0.4, -0.2) is 15.7 Å². The predicted molar refractivity (Wildman–Crippen MR) is 81.4 cm³/mol. The van der Waals surface area contributed by atoms with E-state index in [4.69, 9.17) is 0 Å². The molecule has 0 fully saturated rings. The summed E-state index contributed by atoms with van der Waals surface area (Å²) in [5, 5.41) is 0. The number of benzene rings is 1. The summed E-state index contributed by atoms with van der Waals surface area (Å²) in [7, 11) is 0. The molecule has 1 unspecified atom stereocenters. The molecule has 0 amide bonds. The van der Waals surface area contributed by atoms with Crippen LogP contribution in [0.3, 0.4) is 0 Å². The van der Waals surface area contributed by atoms with Crippen LogP contribution < -0.4 is 0 Å². The number of carbonyl (C=O) groups is 1. The Hall–Kier alpha value is -1.23. The second kappa shape index (κ2) is 6.64. The third-order valence-electron chi connectivity index (χ3n) is 2.99. The van der Waals surface area contributed by atoms with Crippen LogP contribution in [0, 0.1) is 0 Å². The van der Waals surface area contributed by atoms with Gasteiger partial charge in [0.2, 0.25) is 0 Å². The Morgan fingerprint density at radius 1 is 1.22 bits per heavy atom. The molecule has 2 aromatic rings. The standard InChI is InChI=1S/C15H14INO/c16-8-6-14(12-4-2-1-3-5-12)15-10-17-9-7-13(15)11-18/h1-5,7,9-11,14H,6,8H2. The first kappa shape index (κ1) is 13.2. The number of aromatic nitrogens is 1. The maximum absolute atomic E-state index is 11.1. The van der Waals surface area contributed by atoms with E-state index in [1.807, 2.05) is 24.4 Å². The van der Waals surface area contributed by atoms with E-state index in [-0.39, 0.29) is 5.92 Å². The lowest BCUT2D eigenvalue weighted by Gasteiger charge is -2.18. The van der Waals surface area contributed by atoms with Gasteiger partial charge in [-0.3, -0.25) is 9.78 Å². The average Bonchev–Trinajstić information content (AvgIpc) is 2.46. The number of halogens is 1. The van der Waals surface area contributed by atoms with Crippen LogP contribution >= 0.6 is 22.6 Å². The molecular weight excluding hydrogens is 337 g/mol. The molecule has 0 N–H and O–H groups in total. The second-order valence-electron chi connectivity index (χ2n) is 4.06. The van der Waals surface area contributed by atoms with Crippen LogP contribution in [0.25, 0.3) is 0 Å². The zero-order valence-corrected chi connectivity index (χ0v) is 12.1. The molecule has 0 spiro atoms. The van der Waals surface area contributed by atoms with Crippen LogP contribution in [0.15, 0.2) is 48.8 Å². The summed E-state index contributed by atoms with van der Waals surface area (Å²) in [5.74, 6) is 0.247. The fourth-order valence-electron chi connectivity index (χ4n) is 2.11. The first-order chi connectivity index (χ1) is 8.86. The molecule has 18 heavy (non-hydrogen) atoms. The number of nitrogens with zero attached hydrogens (tertiary/aromatic N) is 1. The molecule has 0 radical (unpaired) electrons. The van der Waals surface area contributed by atoms with Gasteiger partial charge in [-0.2, -0.15) is 0 Å². The topological polar surface area (TPSA) is 30.0 Å². The number of carbonyl (C=O) groups excluding carboxylic acids is 1. The van der Waals surface area contributed by atoms with Gasteiger partial charge in [-0.05, 0) is 23.6 Å². The van der Waals surface area contributed by atoms with Crippen molar-refractivity contribution in [1.82, 2.24) is 4.98 Å². The van der Waals surface area contributed by atoms with Crippen LogP contribution in [0.2, 0.25) is 0 Å². The number of hydrogen-bond donors (Lipinski definition) is 0. The van der Waals surface area contributed by atoms with Crippen molar-refractivity contribution in [3.63, 3.8) is 0 Å². The van der Waals surface area contributed by atoms with Crippen molar-refractivity contribution in [2.45, 2.75) is 12.3 Å². The molecule has 2 nitrogen and oxygen atoms in total. The van der Waals surface area contributed by atoms with Crippen molar-refractivity contribution < 1.29 is 4.79 Å². The van der Waals surface area contributed by atoms with E-state index in [1.165, 1.54) is 5.56 Å². The highest BCUT2D eigenvalue weighted by molar-refractivity contribution is 14.1. The summed E-state index contributed by atoms with van der Waals surface area (Å²) in [6.45, 7) is 0. The third kappa shape index (κ3) is 2.96. The van der Waals surface area contributed by atoms with E-state index in [0.717, 1.165) is 28.3 Å². The summed E-state index contributed by atoms with van der Waals surface area (Å²) in [6, 6.07) is 12.1. The molecule has 92 valence electrons. The lowest BCUT2D eigenvalue weighted by molar-refractivity contribution is 0.112. The summed E-state index contributed by atoms with van der Waals surface area (Å²) in [6.07, 6.45) is 5.41. The molecule has 0 aliphatic rings. The second-order valence-corrected chi connectivity index (χ2v) is 5.14. The Kier molecular flexibility index (Phi) is 4.87. The number of rotatable bonds is 5. The number of hydrogen-bond acceptors (Lipinski definition) is 2. The average molecular weight is 351 g/mol. The highest BCUT2D eigenvalue weighted by atomic mass is 127. The van der Waals surface area contributed by atoms with Gasteiger partial charge in [-0.15, -0.1) is 0 Å². The van der Waals surface area contributed by atoms with E-state index in [0.29, 0.717) is 0 Å². The minimum absolute atomic E-state index is 0.247. The number of pyridine rings is 1. The molecule has 1 atom stereocenters. The van der Waals surface area contributed by atoms with E-state index in [1.54, 1.807) is 12.3 Å². The maximum Gasteiger partial charge on any atom is 0.150 e. The van der Waals surface area contributed by atoms with Crippen molar-refractivity contribution in [1.29, 1.82) is 0 Å². The van der Waals surface area contributed by atoms with E-state index >= 15 is 0 Å². The third-order valence-corrected chi connectivity index (χ3v) is 3.61. The van der Waals surface area contributed by atoms with Gasteiger partial charge in [0.1, 0.15) is 6.29 Å². The highest BCUT2D eigenvalue weighted by Crippen LogP contribution is 2.29. The van der Waals surface area contributed by atoms with E-state index in [2.05, 4.69) is 39.7 Å². The lowest BCUT2D eigenvalue weighted by Crippen LogP contribution is -2.06. The van der Waals surface area contributed by atoms with Gasteiger partial charge in [0.15, 0.2) is 0 Å². The van der Waals surface area contributed by atoms with Crippen LogP contribution in [0.1, 0.15) is 33.8 Å². The van der Waals surface area contributed by atoms with Gasteiger partial charge in [-0.25, -0.2) is 0 Å². The molecule has 0 saturated heterocycles. The Morgan fingerprint density at radius 3 is 2.67 bits per heavy atom. The Balaban J connectivity index is 2.44. The molecular formula is C15H14INO. The van der Waals surface area contributed by atoms with Crippen molar-refractivity contribution >= 4 is 28.9 Å². The van der Waals surface area contributed by atoms with Gasteiger partial charge in [0.05, 0.1) is 0 Å². The van der Waals surface area contributed by atoms with Crippen molar-refractivity contribution in [2.24, 2.45) is 0 Å². The SMILES string of the molecule is O=Cc1ccncc1C(CCI)c1ccccc1. The lowest BCUT2D eigenvalue weighted by atomic mass is 9.88. The monoisotopic (exact) mass is 351 g/mol. The largest absolute Gasteiger partial charge is 0.298 e. The fraction of sp³-hybridized carbons (Fsp3) is 0.200. The van der Waals surface area contributed by atoms with Crippen molar-refractivity contribution in [2.75, 3.05) is 4.43 Å². The van der Waals surface area contributed by atoms with Gasteiger partial charge < -0.3 is 0 Å². The summed E-state index contributed by atoms with van der Waals surface area (Å²) in [4.78, 5) is 15.3. The maximum atomic E-state index is 11.1. The first-order valence-corrected chi connectivity index (χ1v) is 7.39. The molecule has 1 aromatic heterocycles. The van der Waals surface area contributed by atoms with Gasteiger partial charge >= 0.3 is 0 Å². The molecule has 1 aromatic carbocycles. The van der Waals surface area contributed by atoms with Crippen LogP contribution in [-0.2, 0) is 0 Å². The molecule has 0 bridgehead atoms. The highest BCUT2D eigenvalue weighted by Gasteiger charge is 2.16. The van der Waals surface area contributed by atoms with Crippen LogP contribution in [0.4, 0.5) is 0 Å². The zero-order chi connectivity index (χ0) is 12.8. The van der Waals surface area contributed by atoms with Crippen LogP contribution in [0.5, 0.6) is 0 Å². The van der Waals surface area contributed by atoms with Crippen molar-refractivity contribution in [3.05, 3.63) is 65.5 Å². The molecule has 0 aliphatic carbocycles. The summed E-state index contributed by atoms with van der Waals surface area (Å²) < 4.78 is 1.05. The summed E-state index contributed by atoms with van der Waals surface area (Å²) >= 11 is 2.37. The zero-order valence-electron chi connectivity index (χ0n) is 9.92. The Labute approximate surface area is 121 Å². The van der Waals surface area contributed by atoms with Gasteiger partial charge in [0, 0.05) is 28.3 Å². The smallest absolute Gasteiger partial charge is 0.150 e. The first-order valence-electron chi connectivity index (χ1n) is 5.87. The summed E-state index contributed by atoms with van der Waals surface area (Å²) in [5.41, 5.74) is 3.00. The van der Waals surface area contributed by atoms with E-state index < -0.39 is 0 Å². The minimum Gasteiger partial charge on any atom is -0.298 e. The van der Waals surface area contributed by atoms with Crippen molar-refractivity contribution in [3.8, 4) is 0 Å². The Morgan fingerprint density at radius 2 is 2.00 bits per heavy atom. The Bertz CT molecular complexity index is 513. The number of alkyl halides is 1. The predicted octanol–water partition coefficient (Wildman–Crippen LogP) is 3.85. The fourth-order valence-corrected chi connectivity index (χ4v) is 2.73. The molecule has 3 heteroatoms. The molecule has 0 saturated carbocycles. The number of aldehydes is 1. The molecule has 1 heterocycles. The normalized spacial score (nSPS) is 12.1. The van der Waals surface area contributed by atoms with Gasteiger partial charge in [0.25, 0.3) is 0 Å². The minimum atomic E-state index is 0.247. The molecule has 2 rings (SSSR count). The quantitative estimate of drug-likeness (QED) is 0.465. The van der Waals surface area contributed by atoms with Gasteiger partial charge in [-0.1, -0.05) is 52.9 Å². The molecule has 0 aliphatic heterocycles.